The minimum atomic E-state index is -0.408. The van der Waals surface area contributed by atoms with Gasteiger partial charge in [-0.25, -0.2) is 4.79 Å². The van der Waals surface area contributed by atoms with Gasteiger partial charge in [-0.2, -0.15) is 0 Å². The highest BCUT2D eigenvalue weighted by Gasteiger charge is 1.99. The van der Waals surface area contributed by atoms with Gasteiger partial charge in [-0.3, -0.25) is 0 Å². The van der Waals surface area contributed by atoms with Crippen molar-refractivity contribution in [3.63, 3.8) is 0 Å². The van der Waals surface area contributed by atoms with Crippen molar-refractivity contribution < 1.29 is 66.4 Å². The summed E-state index contributed by atoms with van der Waals surface area (Å²) in [6, 6.07) is 9.65. The molecule has 0 saturated carbocycles. The highest BCUT2D eigenvalue weighted by Crippen LogP contribution is 2.07. The number of benzene rings is 1. The van der Waals surface area contributed by atoms with Gasteiger partial charge in [0.2, 0.25) is 0 Å². The predicted molar refractivity (Wildman–Crippen MR) is 163 cm³/mol. The zero-order valence-electron chi connectivity index (χ0n) is 26.9. The second-order valence-electron chi connectivity index (χ2n) is 8.91. The second kappa shape index (κ2) is 34.9. The zero-order valence-corrected chi connectivity index (χ0v) is 26.9. The zero-order chi connectivity index (χ0) is 32.1. The summed E-state index contributed by atoms with van der Waals surface area (Å²) < 4.78 is 69.5. The fourth-order valence-electron chi connectivity index (χ4n) is 3.15. The van der Waals surface area contributed by atoms with Gasteiger partial charge in [0.1, 0.15) is 19.0 Å². The Morgan fingerprint density at radius 1 is 0.400 bits per heavy atom. The molecule has 0 N–H and O–H groups in total. The number of methoxy groups -OCH3 is 1. The maximum atomic E-state index is 10.9. The molecular formula is C31H54O14. The summed E-state index contributed by atoms with van der Waals surface area (Å²) in [4.78, 5) is 10.9. The summed E-state index contributed by atoms with van der Waals surface area (Å²) in [6.07, 6.45) is 0. The van der Waals surface area contributed by atoms with E-state index < -0.39 is 5.97 Å². The lowest BCUT2D eigenvalue weighted by atomic mass is 10.3. The van der Waals surface area contributed by atoms with Crippen LogP contribution in [0.15, 0.2) is 30.3 Å². The number of para-hydroxylation sites is 1. The molecule has 0 atom stereocenters. The summed E-state index contributed by atoms with van der Waals surface area (Å²) in [6.45, 7) is 10.6. The van der Waals surface area contributed by atoms with Gasteiger partial charge in [-0.15, -0.1) is 0 Å². The number of ether oxygens (including phenoxy) is 13. The van der Waals surface area contributed by atoms with E-state index in [-0.39, 0.29) is 6.61 Å². The number of rotatable bonds is 36. The first-order valence-electron chi connectivity index (χ1n) is 15.4. The fourth-order valence-corrected chi connectivity index (χ4v) is 3.15. The minimum Gasteiger partial charge on any atom is -0.491 e. The van der Waals surface area contributed by atoms with E-state index in [0.717, 1.165) is 5.75 Å². The Labute approximate surface area is 267 Å². The minimum absolute atomic E-state index is 0.0707. The van der Waals surface area contributed by atoms with Crippen LogP contribution in [-0.4, -0.2) is 165 Å². The van der Waals surface area contributed by atoms with Gasteiger partial charge in [-0.1, -0.05) is 18.2 Å². The highest BCUT2D eigenvalue weighted by atomic mass is 16.6. The van der Waals surface area contributed by atoms with Crippen LogP contribution in [0.5, 0.6) is 5.75 Å². The van der Waals surface area contributed by atoms with Crippen molar-refractivity contribution in [3.8, 4) is 5.75 Å². The Morgan fingerprint density at radius 2 is 0.667 bits per heavy atom. The predicted octanol–water partition coefficient (Wildman–Crippen LogP) is 1.42. The lowest BCUT2D eigenvalue weighted by molar-refractivity contribution is -0.146. The SMILES string of the molecule is COC(=O)COCCOCCOCCOCCOCCOCCOCCOCCOCCOCCOCCOc1ccccc1. The number of hydrogen-bond donors (Lipinski definition) is 0. The van der Waals surface area contributed by atoms with E-state index in [1.54, 1.807) is 0 Å². The standard InChI is InChI=1S/C31H54O14/c1-33-31(32)29-44-26-25-42-22-21-40-18-17-38-14-13-36-10-9-34-7-8-35-11-12-37-15-16-39-19-20-41-23-24-43-27-28-45-30-5-3-2-4-6-30/h2-6H,7-29H2,1H3. The molecule has 0 aliphatic heterocycles. The summed E-state index contributed by atoms with van der Waals surface area (Å²) in [7, 11) is 1.31. The molecule has 0 amide bonds. The lowest BCUT2D eigenvalue weighted by Crippen LogP contribution is -2.16. The molecule has 1 rings (SSSR count). The Bertz CT molecular complexity index is 728. The third-order valence-electron chi connectivity index (χ3n) is 5.41. The number of hydrogen-bond acceptors (Lipinski definition) is 14. The summed E-state index contributed by atoms with van der Waals surface area (Å²) >= 11 is 0. The van der Waals surface area contributed by atoms with Crippen LogP contribution in [-0.2, 0) is 61.6 Å². The molecule has 14 heteroatoms. The molecule has 0 fully saturated rings. The molecule has 0 saturated heterocycles. The smallest absolute Gasteiger partial charge is 0.331 e. The second-order valence-corrected chi connectivity index (χ2v) is 8.91. The maximum absolute atomic E-state index is 10.9. The van der Waals surface area contributed by atoms with Crippen LogP contribution in [0.2, 0.25) is 0 Å². The van der Waals surface area contributed by atoms with Crippen molar-refractivity contribution in [2.45, 2.75) is 0 Å². The van der Waals surface area contributed by atoms with E-state index in [9.17, 15) is 4.79 Å². The van der Waals surface area contributed by atoms with E-state index in [0.29, 0.717) is 145 Å². The van der Waals surface area contributed by atoms with Gasteiger partial charge in [0.05, 0.1) is 146 Å². The summed E-state index contributed by atoms with van der Waals surface area (Å²) in [5.41, 5.74) is 0. The van der Waals surface area contributed by atoms with Crippen LogP contribution < -0.4 is 4.74 Å². The van der Waals surface area contributed by atoms with E-state index in [2.05, 4.69) is 4.74 Å². The largest absolute Gasteiger partial charge is 0.491 e. The molecule has 0 aliphatic rings. The van der Waals surface area contributed by atoms with Gasteiger partial charge < -0.3 is 61.6 Å². The van der Waals surface area contributed by atoms with Crippen molar-refractivity contribution in [1.82, 2.24) is 0 Å². The molecule has 0 unspecified atom stereocenters. The maximum Gasteiger partial charge on any atom is 0.331 e. The van der Waals surface area contributed by atoms with Crippen LogP contribution in [0.4, 0.5) is 0 Å². The van der Waals surface area contributed by atoms with Gasteiger partial charge in [-0.05, 0) is 12.1 Å². The highest BCUT2D eigenvalue weighted by molar-refractivity contribution is 5.70. The van der Waals surface area contributed by atoms with Crippen molar-refractivity contribution in [3.05, 3.63) is 30.3 Å². The molecule has 0 spiro atoms. The molecule has 0 aliphatic carbocycles. The quantitative estimate of drug-likeness (QED) is 0.0765. The summed E-state index contributed by atoms with van der Waals surface area (Å²) in [5, 5.41) is 0. The van der Waals surface area contributed by atoms with Crippen LogP contribution >= 0.6 is 0 Å². The number of carbonyl (C=O) groups is 1. The lowest BCUT2D eigenvalue weighted by Gasteiger charge is -2.09. The van der Waals surface area contributed by atoms with E-state index in [1.807, 2.05) is 30.3 Å². The van der Waals surface area contributed by atoms with Gasteiger partial charge >= 0.3 is 5.97 Å². The fraction of sp³-hybridized carbons (Fsp3) is 0.774. The molecule has 0 heterocycles. The first-order chi connectivity index (χ1) is 22.3. The summed E-state index contributed by atoms with van der Waals surface area (Å²) in [5.74, 6) is 0.432. The Kier molecular flexibility index (Phi) is 31.9. The van der Waals surface area contributed by atoms with Crippen molar-refractivity contribution >= 4 is 5.97 Å². The average Bonchev–Trinajstić information content (AvgIpc) is 3.06. The molecule has 0 aromatic heterocycles. The third kappa shape index (κ3) is 31.8. The monoisotopic (exact) mass is 650 g/mol. The van der Waals surface area contributed by atoms with Crippen LogP contribution in [0.3, 0.4) is 0 Å². The van der Waals surface area contributed by atoms with Crippen LogP contribution in [0.25, 0.3) is 0 Å². The van der Waals surface area contributed by atoms with Crippen molar-refractivity contribution in [1.29, 1.82) is 0 Å². The van der Waals surface area contributed by atoms with E-state index >= 15 is 0 Å². The number of esters is 1. The third-order valence-corrected chi connectivity index (χ3v) is 5.41. The number of carbonyl (C=O) groups excluding carboxylic acids is 1. The van der Waals surface area contributed by atoms with E-state index in [4.69, 9.17) is 56.8 Å². The molecule has 1 aromatic rings. The molecule has 1 aromatic carbocycles. The average molecular weight is 651 g/mol. The molecule has 262 valence electrons. The van der Waals surface area contributed by atoms with Crippen molar-refractivity contribution in [2.24, 2.45) is 0 Å². The van der Waals surface area contributed by atoms with Crippen LogP contribution in [0, 0.1) is 0 Å². The van der Waals surface area contributed by atoms with Crippen LogP contribution in [0.1, 0.15) is 0 Å². The Balaban J connectivity index is 1.62. The Hall–Kier alpha value is -1.95. The molecular weight excluding hydrogens is 596 g/mol. The molecule has 0 radical (unpaired) electrons. The topological polar surface area (TPSA) is 137 Å². The Morgan fingerprint density at radius 3 is 0.956 bits per heavy atom. The molecule has 0 bridgehead atoms. The van der Waals surface area contributed by atoms with Gasteiger partial charge in [0.25, 0.3) is 0 Å². The molecule has 14 nitrogen and oxygen atoms in total. The normalized spacial score (nSPS) is 11.2. The molecule has 45 heavy (non-hydrogen) atoms. The van der Waals surface area contributed by atoms with Gasteiger partial charge in [0, 0.05) is 0 Å². The van der Waals surface area contributed by atoms with E-state index in [1.165, 1.54) is 7.11 Å². The van der Waals surface area contributed by atoms with Gasteiger partial charge in [0.15, 0.2) is 0 Å². The first kappa shape index (κ1) is 41.1. The first-order valence-corrected chi connectivity index (χ1v) is 15.4. The van der Waals surface area contributed by atoms with Crippen molar-refractivity contribution in [2.75, 3.05) is 159 Å².